The van der Waals surface area contributed by atoms with Gasteiger partial charge in [0.2, 0.25) is 0 Å². The van der Waals surface area contributed by atoms with Crippen molar-refractivity contribution in [2.24, 2.45) is 10.8 Å². The number of halogens is 4. The third kappa shape index (κ3) is 5.92. The molecule has 0 radical (unpaired) electrons. The Morgan fingerprint density at radius 3 is 2.65 bits per heavy atom. The minimum Gasteiger partial charge on any atom is -0.313 e. The predicted octanol–water partition coefficient (Wildman–Crippen LogP) is 4.76. The molecule has 0 heterocycles. The van der Waals surface area contributed by atoms with Gasteiger partial charge in [-0.15, -0.1) is 0 Å². The van der Waals surface area contributed by atoms with Crippen LogP contribution in [-0.4, -0.2) is 19.9 Å². The third-order valence-electron chi connectivity index (χ3n) is 2.82. The topological polar surface area (TPSA) is 41.6 Å². The fourth-order valence-electron chi connectivity index (χ4n) is 1.77. The molecule has 0 unspecified atom stereocenters. The van der Waals surface area contributed by atoms with Gasteiger partial charge in [0.25, 0.3) is 0 Å². The van der Waals surface area contributed by atoms with Crippen LogP contribution in [0.2, 0.25) is 5.02 Å². The summed E-state index contributed by atoms with van der Waals surface area (Å²) in [5.41, 5.74) is 0.553. The highest BCUT2D eigenvalue weighted by Crippen LogP contribution is 2.28. The lowest BCUT2D eigenvalue weighted by atomic mass is 10.1. The van der Waals surface area contributed by atoms with Crippen LogP contribution < -0.4 is 10.9 Å². The van der Waals surface area contributed by atoms with E-state index in [0.29, 0.717) is 28.9 Å². The van der Waals surface area contributed by atoms with Crippen molar-refractivity contribution in [3.63, 3.8) is 0 Å². The van der Waals surface area contributed by atoms with Gasteiger partial charge >= 0.3 is 6.18 Å². The predicted molar refractivity (Wildman–Crippen MR) is 90.5 cm³/mol. The smallest absolute Gasteiger partial charge is 0.313 e. The zero-order valence-corrected chi connectivity index (χ0v) is 13.3. The van der Waals surface area contributed by atoms with Crippen LogP contribution in [0.3, 0.4) is 0 Å². The first kappa shape index (κ1) is 19.0. The van der Waals surface area contributed by atoms with Gasteiger partial charge in [0, 0.05) is 23.8 Å². The monoisotopic (exact) mass is 343 g/mol. The Kier molecular flexibility index (Phi) is 7.06. The van der Waals surface area contributed by atoms with Gasteiger partial charge in [0.15, 0.2) is 0 Å². The number of hydrazine groups is 1. The van der Waals surface area contributed by atoms with E-state index in [0.717, 1.165) is 6.08 Å². The number of nitrogens with zero attached hydrogens (tertiary/aromatic N) is 2. The maximum atomic E-state index is 12.6. The lowest BCUT2D eigenvalue weighted by molar-refractivity contribution is -0.0883. The highest BCUT2D eigenvalue weighted by atomic mass is 35.5. The molecule has 2 N–H and O–H groups in total. The maximum Gasteiger partial charge on any atom is 0.417 e. The zero-order chi connectivity index (χ0) is 17.5. The van der Waals surface area contributed by atoms with Gasteiger partial charge in [-0.2, -0.15) is 13.2 Å². The zero-order valence-electron chi connectivity index (χ0n) is 12.5. The Hall–Kier alpha value is -2.05. The van der Waals surface area contributed by atoms with Crippen LogP contribution in [0.1, 0.15) is 12.0 Å². The largest absolute Gasteiger partial charge is 0.417 e. The average molecular weight is 344 g/mol. The summed E-state index contributed by atoms with van der Waals surface area (Å²) in [7, 11) is 1.67. The van der Waals surface area contributed by atoms with Gasteiger partial charge < -0.3 is 5.01 Å². The van der Waals surface area contributed by atoms with Gasteiger partial charge in [-0.1, -0.05) is 42.0 Å². The standard InChI is InChI=1S/C16H17ClF3N3/c1-22-11-12(16(18,19)20)7-4-3-5-8-13-14(17)9-6-10-15(13)23(2)21/h4-11H,1,3,21H2,2H3/b7-4-,8-5+,12-11+. The molecule has 0 saturated heterocycles. The number of hydrogen-bond acceptors (Lipinski definition) is 3. The molecule has 3 nitrogen and oxygen atoms in total. The summed E-state index contributed by atoms with van der Waals surface area (Å²) in [5, 5.41) is 1.92. The quantitative estimate of drug-likeness (QED) is 0.350. The lowest BCUT2D eigenvalue weighted by Crippen LogP contribution is -2.25. The molecule has 0 spiro atoms. The van der Waals surface area contributed by atoms with Crippen molar-refractivity contribution in [2.75, 3.05) is 12.1 Å². The normalized spacial score (nSPS) is 13.0. The molecule has 0 fully saturated rings. The summed E-state index contributed by atoms with van der Waals surface area (Å²) >= 11 is 6.11. The Labute approximate surface area is 138 Å². The van der Waals surface area contributed by atoms with E-state index in [-0.39, 0.29) is 0 Å². The van der Waals surface area contributed by atoms with Crippen molar-refractivity contribution in [2.45, 2.75) is 12.6 Å². The maximum absolute atomic E-state index is 12.6. The fourth-order valence-corrected chi connectivity index (χ4v) is 2.00. The number of aliphatic imine (C=N–C) groups is 1. The Morgan fingerprint density at radius 2 is 2.09 bits per heavy atom. The van der Waals surface area contributed by atoms with E-state index < -0.39 is 11.7 Å². The Bertz CT molecular complexity index is 632. The minimum absolute atomic E-state index is 0.295. The number of nitrogens with two attached hydrogens (primary N) is 1. The van der Waals surface area contributed by atoms with Crippen LogP contribution >= 0.6 is 11.6 Å². The van der Waals surface area contributed by atoms with E-state index in [1.165, 1.54) is 11.1 Å². The van der Waals surface area contributed by atoms with Gasteiger partial charge in [-0.25, -0.2) is 5.84 Å². The first-order valence-corrected chi connectivity index (χ1v) is 6.98. The summed E-state index contributed by atoms with van der Waals surface area (Å²) in [5.74, 6) is 5.71. The molecule has 0 aliphatic carbocycles. The van der Waals surface area contributed by atoms with Crippen LogP contribution in [0, 0.1) is 0 Å². The van der Waals surface area contributed by atoms with Crippen LogP contribution in [0.4, 0.5) is 18.9 Å². The number of alkyl halides is 3. The summed E-state index contributed by atoms with van der Waals surface area (Å²) in [4.78, 5) is 3.15. The third-order valence-corrected chi connectivity index (χ3v) is 3.15. The number of hydrogen-bond donors (Lipinski definition) is 1. The molecule has 0 amide bonds. The highest BCUT2D eigenvalue weighted by molar-refractivity contribution is 6.32. The van der Waals surface area contributed by atoms with Crippen molar-refractivity contribution in [1.29, 1.82) is 0 Å². The SMILES string of the molecule is C=N/C=C(\C=C/C/C=C/c1c(Cl)cccc1N(C)N)C(F)(F)F. The van der Waals surface area contributed by atoms with Crippen LogP contribution in [0.15, 0.2) is 53.2 Å². The van der Waals surface area contributed by atoms with Crippen molar-refractivity contribution in [3.8, 4) is 0 Å². The van der Waals surface area contributed by atoms with Gasteiger partial charge in [-0.3, -0.25) is 4.99 Å². The van der Waals surface area contributed by atoms with Gasteiger partial charge in [0.05, 0.1) is 11.3 Å². The highest BCUT2D eigenvalue weighted by Gasteiger charge is 2.31. The molecule has 0 atom stereocenters. The second kappa shape index (κ2) is 8.55. The molecule has 7 heteroatoms. The molecule has 0 bridgehead atoms. The first-order chi connectivity index (χ1) is 10.8. The lowest BCUT2D eigenvalue weighted by Gasteiger charge is -2.15. The Balaban J connectivity index is 2.84. The molecular formula is C16H17ClF3N3. The van der Waals surface area contributed by atoms with Crippen LogP contribution in [0.25, 0.3) is 6.08 Å². The number of anilines is 1. The van der Waals surface area contributed by atoms with E-state index in [1.54, 1.807) is 37.4 Å². The average Bonchev–Trinajstić information content (AvgIpc) is 2.45. The summed E-state index contributed by atoms with van der Waals surface area (Å²) in [6.07, 6.45) is 2.26. The summed E-state index contributed by atoms with van der Waals surface area (Å²) in [6, 6.07) is 5.27. The molecule has 1 aromatic rings. The van der Waals surface area contributed by atoms with Gasteiger partial charge in [-0.05, 0) is 25.3 Å². The van der Waals surface area contributed by atoms with E-state index in [2.05, 4.69) is 11.7 Å². The van der Waals surface area contributed by atoms with Crippen LogP contribution in [-0.2, 0) is 0 Å². The van der Waals surface area contributed by atoms with Crippen molar-refractivity contribution in [1.82, 2.24) is 0 Å². The summed E-state index contributed by atoms with van der Waals surface area (Å²) in [6.45, 7) is 3.03. The van der Waals surface area contributed by atoms with E-state index >= 15 is 0 Å². The molecule has 1 rings (SSSR count). The molecule has 0 aromatic heterocycles. The van der Waals surface area contributed by atoms with Crippen molar-refractivity contribution >= 4 is 30.1 Å². The van der Waals surface area contributed by atoms with Crippen molar-refractivity contribution < 1.29 is 13.2 Å². The van der Waals surface area contributed by atoms with Gasteiger partial charge in [0.1, 0.15) is 0 Å². The minimum atomic E-state index is -4.46. The molecule has 0 saturated carbocycles. The second-order valence-corrected chi connectivity index (χ2v) is 5.00. The first-order valence-electron chi connectivity index (χ1n) is 6.60. The number of allylic oxidation sites excluding steroid dienone is 4. The van der Waals surface area contributed by atoms with Crippen molar-refractivity contribution in [3.05, 3.63) is 58.8 Å². The van der Waals surface area contributed by atoms with E-state index in [1.807, 2.05) is 0 Å². The van der Waals surface area contributed by atoms with E-state index in [9.17, 15) is 13.2 Å². The van der Waals surface area contributed by atoms with E-state index in [4.69, 9.17) is 17.4 Å². The molecule has 1 aromatic carbocycles. The fraction of sp³-hybridized carbons (Fsp3) is 0.188. The second-order valence-electron chi connectivity index (χ2n) is 4.59. The molecule has 0 aliphatic rings. The molecule has 23 heavy (non-hydrogen) atoms. The molecular weight excluding hydrogens is 327 g/mol. The number of benzene rings is 1. The molecule has 124 valence electrons. The van der Waals surface area contributed by atoms with Crippen LogP contribution in [0.5, 0.6) is 0 Å². The number of rotatable bonds is 6. The molecule has 0 aliphatic heterocycles. The summed E-state index contributed by atoms with van der Waals surface area (Å²) < 4.78 is 37.8. The Morgan fingerprint density at radius 1 is 1.39 bits per heavy atom.